The predicted molar refractivity (Wildman–Crippen MR) is 87.8 cm³/mol. The van der Waals surface area contributed by atoms with E-state index in [4.69, 9.17) is 4.42 Å². The number of hydrogen-bond donors (Lipinski definition) is 0. The SMILES string of the molecule is CS(=O)(=O)c1ccc(-c2nnc(-c3cccnc3OC(=O)C(F)(F)F)o2)cc1. The Morgan fingerprint density at radius 3 is 2.32 bits per heavy atom. The number of sulfone groups is 1. The number of ether oxygens (including phenoxy) is 1. The third-order valence-electron chi connectivity index (χ3n) is 3.38. The summed E-state index contributed by atoms with van der Waals surface area (Å²) in [6.45, 7) is 0. The normalized spacial score (nSPS) is 12.0. The maximum Gasteiger partial charge on any atom is 0.491 e. The summed E-state index contributed by atoms with van der Waals surface area (Å²) in [6.07, 6.45) is -3.02. The lowest BCUT2D eigenvalue weighted by Crippen LogP contribution is -2.28. The number of benzene rings is 1. The van der Waals surface area contributed by atoms with Gasteiger partial charge in [-0.1, -0.05) is 0 Å². The summed E-state index contributed by atoms with van der Waals surface area (Å²) in [5.41, 5.74) is 0.260. The van der Waals surface area contributed by atoms with Gasteiger partial charge >= 0.3 is 12.1 Å². The Kier molecular flexibility index (Phi) is 4.89. The van der Waals surface area contributed by atoms with Gasteiger partial charge in [0.05, 0.1) is 4.90 Å². The number of hydrogen-bond acceptors (Lipinski definition) is 8. The Labute approximate surface area is 155 Å². The van der Waals surface area contributed by atoms with Crippen LogP contribution in [-0.4, -0.2) is 42.0 Å². The highest BCUT2D eigenvalue weighted by atomic mass is 32.2. The Hall–Kier alpha value is -3.28. The lowest BCUT2D eigenvalue weighted by molar-refractivity contribution is -0.189. The molecule has 0 amide bonds. The Morgan fingerprint density at radius 2 is 1.71 bits per heavy atom. The van der Waals surface area contributed by atoms with E-state index < -0.39 is 27.9 Å². The van der Waals surface area contributed by atoms with Crippen molar-refractivity contribution >= 4 is 15.8 Å². The molecule has 0 unspecified atom stereocenters. The second kappa shape index (κ2) is 7.03. The maximum atomic E-state index is 12.4. The molecule has 3 aromatic rings. The molecule has 3 rings (SSSR count). The number of pyridine rings is 1. The number of carbonyl (C=O) groups excluding carboxylic acids is 1. The van der Waals surface area contributed by atoms with Gasteiger partial charge in [-0.05, 0) is 36.4 Å². The molecular weight excluding hydrogens is 403 g/mol. The molecule has 0 N–H and O–H groups in total. The predicted octanol–water partition coefficient (Wildman–Crippen LogP) is 2.67. The van der Waals surface area contributed by atoms with Gasteiger partial charge in [0.15, 0.2) is 9.84 Å². The second-order valence-electron chi connectivity index (χ2n) is 5.45. The monoisotopic (exact) mass is 413 g/mol. The average molecular weight is 413 g/mol. The van der Waals surface area contributed by atoms with E-state index in [0.717, 1.165) is 12.5 Å². The van der Waals surface area contributed by atoms with E-state index in [9.17, 15) is 26.4 Å². The summed E-state index contributed by atoms with van der Waals surface area (Å²) < 4.78 is 69.9. The lowest BCUT2D eigenvalue weighted by Gasteiger charge is -2.07. The highest BCUT2D eigenvalue weighted by Crippen LogP contribution is 2.31. The molecular formula is C16H10F3N3O5S. The first kappa shape index (κ1) is 19.5. The van der Waals surface area contributed by atoms with E-state index >= 15 is 0 Å². The zero-order valence-electron chi connectivity index (χ0n) is 14.0. The number of rotatable bonds is 4. The van der Waals surface area contributed by atoms with Crippen molar-refractivity contribution in [3.8, 4) is 28.8 Å². The number of esters is 1. The minimum absolute atomic E-state index is 0.0213. The lowest BCUT2D eigenvalue weighted by atomic mass is 10.2. The number of alkyl halides is 3. The van der Waals surface area contributed by atoms with Gasteiger partial charge in [-0.2, -0.15) is 13.2 Å². The minimum atomic E-state index is -5.20. The quantitative estimate of drug-likeness (QED) is 0.600. The van der Waals surface area contributed by atoms with Crippen LogP contribution >= 0.6 is 0 Å². The minimum Gasteiger partial charge on any atom is -0.416 e. The number of carbonyl (C=O) groups is 1. The van der Waals surface area contributed by atoms with Crippen molar-refractivity contribution in [2.45, 2.75) is 11.1 Å². The molecule has 0 atom stereocenters. The van der Waals surface area contributed by atoms with Gasteiger partial charge in [0.2, 0.25) is 11.8 Å². The van der Waals surface area contributed by atoms with Gasteiger partial charge in [0, 0.05) is 18.0 Å². The summed E-state index contributed by atoms with van der Waals surface area (Å²) in [4.78, 5) is 14.7. The summed E-state index contributed by atoms with van der Waals surface area (Å²) in [5.74, 6) is -3.34. The molecule has 0 bridgehead atoms. The van der Waals surface area contributed by atoms with E-state index in [1.807, 2.05) is 0 Å². The molecule has 0 radical (unpaired) electrons. The maximum absolute atomic E-state index is 12.4. The summed E-state index contributed by atoms with van der Waals surface area (Å²) in [5, 5.41) is 7.48. The molecule has 0 aliphatic heterocycles. The van der Waals surface area contributed by atoms with E-state index in [2.05, 4.69) is 19.9 Å². The molecule has 28 heavy (non-hydrogen) atoms. The van der Waals surface area contributed by atoms with Crippen LogP contribution in [0.5, 0.6) is 5.88 Å². The van der Waals surface area contributed by atoms with Gasteiger partial charge in [-0.15, -0.1) is 10.2 Å². The molecule has 12 heteroatoms. The van der Waals surface area contributed by atoms with Crippen LogP contribution in [0.25, 0.3) is 22.9 Å². The zero-order chi connectivity index (χ0) is 20.5. The van der Waals surface area contributed by atoms with E-state index in [-0.39, 0.29) is 22.2 Å². The van der Waals surface area contributed by atoms with E-state index in [1.54, 1.807) is 0 Å². The first-order valence-electron chi connectivity index (χ1n) is 7.44. The van der Waals surface area contributed by atoms with Gasteiger partial charge in [-0.3, -0.25) is 0 Å². The van der Waals surface area contributed by atoms with Gasteiger partial charge in [-0.25, -0.2) is 18.2 Å². The Balaban J connectivity index is 1.92. The Bertz CT molecular complexity index is 1120. The van der Waals surface area contributed by atoms with Crippen LogP contribution in [0.1, 0.15) is 0 Å². The highest BCUT2D eigenvalue weighted by Gasteiger charge is 2.42. The molecule has 0 aliphatic rings. The average Bonchev–Trinajstić information content (AvgIpc) is 3.10. The van der Waals surface area contributed by atoms with Crippen LogP contribution in [0.4, 0.5) is 13.2 Å². The molecule has 0 saturated carbocycles. The van der Waals surface area contributed by atoms with Crippen molar-refractivity contribution in [3.63, 3.8) is 0 Å². The second-order valence-corrected chi connectivity index (χ2v) is 7.47. The molecule has 0 fully saturated rings. The van der Waals surface area contributed by atoms with Gasteiger partial charge < -0.3 is 9.15 Å². The van der Waals surface area contributed by atoms with Crippen molar-refractivity contribution < 1.29 is 35.5 Å². The fraction of sp³-hybridized carbons (Fsp3) is 0.125. The molecule has 0 aliphatic carbocycles. The summed E-state index contributed by atoms with van der Waals surface area (Å²) in [7, 11) is -3.38. The van der Waals surface area contributed by atoms with Crippen LogP contribution in [-0.2, 0) is 14.6 Å². The highest BCUT2D eigenvalue weighted by molar-refractivity contribution is 7.90. The van der Waals surface area contributed by atoms with Crippen LogP contribution in [0.2, 0.25) is 0 Å². The van der Waals surface area contributed by atoms with Crippen LogP contribution < -0.4 is 4.74 Å². The van der Waals surface area contributed by atoms with Crippen molar-refractivity contribution in [2.75, 3.05) is 6.26 Å². The first-order chi connectivity index (χ1) is 13.1. The van der Waals surface area contributed by atoms with Crippen LogP contribution in [0, 0.1) is 0 Å². The number of halogens is 3. The molecule has 8 nitrogen and oxygen atoms in total. The summed E-state index contributed by atoms with van der Waals surface area (Å²) >= 11 is 0. The number of aromatic nitrogens is 3. The molecule has 1 aromatic carbocycles. The molecule has 2 heterocycles. The van der Waals surface area contributed by atoms with Crippen molar-refractivity contribution in [1.82, 2.24) is 15.2 Å². The smallest absolute Gasteiger partial charge is 0.416 e. The van der Waals surface area contributed by atoms with Crippen molar-refractivity contribution in [1.29, 1.82) is 0 Å². The van der Waals surface area contributed by atoms with E-state index in [0.29, 0.717) is 5.56 Å². The summed E-state index contributed by atoms with van der Waals surface area (Å²) in [6, 6.07) is 8.22. The number of nitrogens with zero attached hydrogens (tertiary/aromatic N) is 3. The van der Waals surface area contributed by atoms with Crippen LogP contribution in [0.15, 0.2) is 51.9 Å². The third-order valence-corrected chi connectivity index (χ3v) is 4.51. The van der Waals surface area contributed by atoms with E-state index in [1.165, 1.54) is 36.4 Å². The van der Waals surface area contributed by atoms with Crippen LogP contribution in [0.3, 0.4) is 0 Å². The Morgan fingerprint density at radius 1 is 1.07 bits per heavy atom. The van der Waals surface area contributed by atoms with Crippen molar-refractivity contribution in [2.24, 2.45) is 0 Å². The fourth-order valence-corrected chi connectivity index (χ4v) is 2.70. The molecule has 146 valence electrons. The van der Waals surface area contributed by atoms with Crippen molar-refractivity contribution in [3.05, 3.63) is 42.6 Å². The fourth-order valence-electron chi connectivity index (χ4n) is 2.07. The first-order valence-corrected chi connectivity index (χ1v) is 9.33. The van der Waals surface area contributed by atoms with Gasteiger partial charge in [0.25, 0.3) is 5.89 Å². The van der Waals surface area contributed by atoms with Gasteiger partial charge in [0.1, 0.15) is 5.56 Å². The largest absolute Gasteiger partial charge is 0.491 e. The molecule has 0 spiro atoms. The topological polar surface area (TPSA) is 112 Å². The molecule has 0 saturated heterocycles. The standard InChI is InChI=1S/C16H10F3N3O5S/c1-28(24,25)10-6-4-9(5-7-10)12-21-22-14(26-12)11-3-2-8-20-13(11)27-15(23)16(17,18)19/h2-8H,1H3. The molecule has 2 aromatic heterocycles. The zero-order valence-corrected chi connectivity index (χ0v) is 14.8. The third kappa shape index (κ3) is 4.17.